The van der Waals surface area contributed by atoms with E-state index in [9.17, 15) is 9.59 Å². The minimum Gasteiger partial charge on any atom is -0.325 e. The first kappa shape index (κ1) is 14.3. The zero-order valence-electron chi connectivity index (χ0n) is 11.7. The van der Waals surface area contributed by atoms with E-state index in [1.54, 1.807) is 11.6 Å². The molecule has 2 N–H and O–H groups in total. The molecule has 0 atom stereocenters. The molecule has 0 aliphatic carbocycles. The lowest BCUT2D eigenvalue weighted by atomic mass is 10.3. The monoisotopic (exact) mass is 315 g/mol. The highest BCUT2D eigenvalue weighted by atomic mass is 32.2. The molecule has 0 fully saturated rings. The van der Waals surface area contributed by atoms with Gasteiger partial charge in [-0.1, -0.05) is 30.0 Å². The molecule has 8 heteroatoms. The van der Waals surface area contributed by atoms with Crippen LogP contribution in [0.2, 0.25) is 0 Å². The Balaban J connectivity index is 1.72. The maximum atomic E-state index is 11.9. The fourth-order valence-corrected chi connectivity index (χ4v) is 2.74. The lowest BCUT2D eigenvalue weighted by Crippen LogP contribution is -2.14. The summed E-state index contributed by atoms with van der Waals surface area (Å²) in [7, 11) is 1.76. The molecule has 0 spiro atoms. The topological polar surface area (TPSA) is 92.7 Å². The van der Waals surface area contributed by atoms with Crippen molar-refractivity contribution >= 4 is 34.5 Å². The number of aromatic nitrogens is 4. The SMILES string of the molecule is Cn1c(SCC(=O)Nc2ccccc2)nc2c(=O)[nH]cnc21. The second kappa shape index (κ2) is 6.02. The van der Waals surface area contributed by atoms with Crippen LogP contribution in [-0.2, 0) is 11.8 Å². The number of fused-ring (bicyclic) bond motifs is 1. The minimum absolute atomic E-state index is 0.134. The standard InChI is InChI=1S/C14H13N5O2S/c1-19-12-11(13(21)16-8-15-12)18-14(19)22-7-10(20)17-9-5-3-2-4-6-9/h2-6,8H,7H2,1H3,(H,17,20)(H,15,16,21). The Bertz CT molecular complexity index is 872. The van der Waals surface area contributed by atoms with Gasteiger partial charge in [0.1, 0.15) is 0 Å². The Morgan fingerprint density at radius 2 is 2.14 bits per heavy atom. The number of carbonyl (C=O) groups is 1. The summed E-state index contributed by atoms with van der Waals surface area (Å²) in [6.07, 6.45) is 1.34. The van der Waals surface area contributed by atoms with Crippen molar-refractivity contribution in [3.63, 3.8) is 0 Å². The number of benzene rings is 1. The predicted molar refractivity (Wildman–Crippen MR) is 84.9 cm³/mol. The summed E-state index contributed by atoms with van der Waals surface area (Å²) in [4.78, 5) is 34.4. The van der Waals surface area contributed by atoms with Crippen LogP contribution >= 0.6 is 11.8 Å². The third kappa shape index (κ3) is 2.86. The number of para-hydroxylation sites is 1. The number of thioether (sulfide) groups is 1. The van der Waals surface area contributed by atoms with Gasteiger partial charge in [0, 0.05) is 12.7 Å². The Labute approximate surface area is 129 Å². The van der Waals surface area contributed by atoms with Gasteiger partial charge in [-0.3, -0.25) is 9.59 Å². The summed E-state index contributed by atoms with van der Waals surface area (Å²) >= 11 is 1.26. The van der Waals surface area contributed by atoms with Crippen molar-refractivity contribution in [2.24, 2.45) is 7.05 Å². The zero-order valence-corrected chi connectivity index (χ0v) is 12.6. The molecule has 0 aliphatic heterocycles. The van der Waals surface area contributed by atoms with Crippen LogP contribution in [0.5, 0.6) is 0 Å². The largest absolute Gasteiger partial charge is 0.325 e. The van der Waals surface area contributed by atoms with Crippen molar-refractivity contribution < 1.29 is 4.79 Å². The van der Waals surface area contributed by atoms with Crippen LogP contribution in [0.15, 0.2) is 46.6 Å². The Hall–Kier alpha value is -2.61. The van der Waals surface area contributed by atoms with Gasteiger partial charge in [0.25, 0.3) is 5.56 Å². The van der Waals surface area contributed by atoms with Crippen molar-refractivity contribution in [1.29, 1.82) is 0 Å². The van der Waals surface area contributed by atoms with Crippen LogP contribution in [-0.4, -0.2) is 31.2 Å². The van der Waals surface area contributed by atoms with E-state index >= 15 is 0 Å². The number of aryl methyl sites for hydroxylation is 1. The molecule has 22 heavy (non-hydrogen) atoms. The van der Waals surface area contributed by atoms with Gasteiger partial charge in [0.2, 0.25) is 5.91 Å². The van der Waals surface area contributed by atoms with E-state index in [4.69, 9.17) is 0 Å². The van der Waals surface area contributed by atoms with Crippen LogP contribution in [0.4, 0.5) is 5.69 Å². The van der Waals surface area contributed by atoms with Crippen LogP contribution < -0.4 is 10.9 Å². The summed E-state index contributed by atoms with van der Waals surface area (Å²) < 4.78 is 1.70. The molecule has 112 valence electrons. The fourth-order valence-electron chi connectivity index (χ4n) is 1.97. The van der Waals surface area contributed by atoms with E-state index < -0.39 is 0 Å². The van der Waals surface area contributed by atoms with Crippen molar-refractivity contribution in [2.45, 2.75) is 5.16 Å². The predicted octanol–water partition coefficient (Wildman–Crippen LogP) is 1.39. The van der Waals surface area contributed by atoms with Crippen molar-refractivity contribution in [3.05, 3.63) is 47.0 Å². The Kier molecular flexibility index (Phi) is 3.92. The molecule has 3 aromatic rings. The summed E-state index contributed by atoms with van der Waals surface area (Å²) in [5.74, 6) is 0.0642. The van der Waals surface area contributed by atoms with E-state index in [1.165, 1.54) is 18.1 Å². The van der Waals surface area contributed by atoms with Gasteiger partial charge in [-0.2, -0.15) is 0 Å². The van der Waals surface area contributed by atoms with Crippen molar-refractivity contribution in [2.75, 3.05) is 11.1 Å². The van der Waals surface area contributed by atoms with Crippen LogP contribution in [0, 0.1) is 0 Å². The normalized spacial score (nSPS) is 10.8. The number of hydrogen-bond donors (Lipinski definition) is 2. The fraction of sp³-hybridized carbons (Fsp3) is 0.143. The quantitative estimate of drug-likeness (QED) is 0.710. The molecule has 0 unspecified atom stereocenters. The van der Waals surface area contributed by atoms with E-state index in [0.717, 1.165) is 5.69 Å². The summed E-state index contributed by atoms with van der Waals surface area (Å²) in [5.41, 5.74) is 1.23. The molecule has 3 rings (SSSR count). The van der Waals surface area contributed by atoms with Gasteiger partial charge in [0.15, 0.2) is 16.3 Å². The number of H-pyrrole nitrogens is 1. The second-order valence-electron chi connectivity index (χ2n) is 4.56. The Morgan fingerprint density at radius 3 is 2.86 bits per heavy atom. The smallest absolute Gasteiger partial charge is 0.278 e. The average Bonchev–Trinajstić information content (AvgIpc) is 2.85. The second-order valence-corrected chi connectivity index (χ2v) is 5.50. The lowest BCUT2D eigenvalue weighted by Gasteiger charge is -2.04. The minimum atomic E-state index is -0.291. The van der Waals surface area contributed by atoms with Crippen LogP contribution in [0.1, 0.15) is 0 Å². The number of carbonyl (C=O) groups excluding carboxylic acids is 1. The van der Waals surface area contributed by atoms with E-state index in [0.29, 0.717) is 10.8 Å². The van der Waals surface area contributed by atoms with Crippen LogP contribution in [0.25, 0.3) is 11.2 Å². The van der Waals surface area contributed by atoms with Gasteiger partial charge in [-0.05, 0) is 12.1 Å². The molecule has 0 radical (unpaired) electrons. The first-order chi connectivity index (χ1) is 10.6. The first-order valence-electron chi connectivity index (χ1n) is 6.53. The summed E-state index contributed by atoms with van der Waals surface area (Å²) in [6.45, 7) is 0. The van der Waals surface area contributed by atoms with Crippen LogP contribution in [0.3, 0.4) is 0 Å². The number of rotatable bonds is 4. The number of anilines is 1. The summed E-state index contributed by atoms with van der Waals surface area (Å²) in [5, 5.41) is 3.37. The number of imidazole rings is 1. The average molecular weight is 315 g/mol. The number of nitrogens with one attached hydrogen (secondary N) is 2. The molecule has 7 nitrogen and oxygen atoms in total. The molecule has 1 aromatic carbocycles. The maximum Gasteiger partial charge on any atom is 0.278 e. The van der Waals surface area contributed by atoms with E-state index in [2.05, 4.69) is 20.3 Å². The van der Waals surface area contributed by atoms with E-state index in [-0.39, 0.29) is 22.7 Å². The number of hydrogen-bond acceptors (Lipinski definition) is 5. The first-order valence-corrected chi connectivity index (χ1v) is 7.51. The number of aromatic amines is 1. The molecule has 2 aromatic heterocycles. The highest BCUT2D eigenvalue weighted by Gasteiger charge is 2.13. The van der Waals surface area contributed by atoms with Gasteiger partial charge in [0.05, 0.1) is 12.1 Å². The molecule has 0 saturated heterocycles. The van der Waals surface area contributed by atoms with E-state index in [1.807, 2.05) is 30.3 Å². The zero-order chi connectivity index (χ0) is 15.5. The van der Waals surface area contributed by atoms with Gasteiger partial charge in [-0.25, -0.2) is 9.97 Å². The highest BCUT2D eigenvalue weighted by Crippen LogP contribution is 2.19. The number of amides is 1. The number of nitrogens with zero attached hydrogens (tertiary/aromatic N) is 3. The third-order valence-electron chi connectivity index (χ3n) is 3.01. The molecule has 0 bridgehead atoms. The van der Waals surface area contributed by atoms with Gasteiger partial charge < -0.3 is 14.9 Å². The lowest BCUT2D eigenvalue weighted by molar-refractivity contribution is -0.113. The third-order valence-corrected chi connectivity index (χ3v) is 4.04. The molecule has 0 saturated carbocycles. The van der Waals surface area contributed by atoms with Crippen molar-refractivity contribution in [3.8, 4) is 0 Å². The highest BCUT2D eigenvalue weighted by molar-refractivity contribution is 7.99. The van der Waals surface area contributed by atoms with Crippen molar-refractivity contribution in [1.82, 2.24) is 19.5 Å². The summed E-state index contributed by atoms with van der Waals surface area (Å²) in [6, 6.07) is 9.23. The molecule has 0 aliphatic rings. The Morgan fingerprint density at radius 1 is 1.36 bits per heavy atom. The molecule has 2 heterocycles. The molecular weight excluding hydrogens is 302 g/mol. The molecule has 1 amide bonds. The molecular formula is C14H13N5O2S. The van der Waals surface area contributed by atoms with Gasteiger partial charge in [-0.15, -0.1) is 0 Å². The van der Waals surface area contributed by atoms with Gasteiger partial charge >= 0.3 is 0 Å². The maximum absolute atomic E-state index is 11.9.